The summed E-state index contributed by atoms with van der Waals surface area (Å²) in [7, 11) is -1.19. The summed E-state index contributed by atoms with van der Waals surface area (Å²) in [5.74, 6) is -1.33. The molecule has 142 valence electrons. The second-order valence-corrected chi connectivity index (χ2v) is 7.01. The highest BCUT2D eigenvalue weighted by Crippen LogP contribution is 2.31. The fourth-order valence-corrected chi connectivity index (χ4v) is 3.28. The van der Waals surface area contributed by atoms with Crippen molar-refractivity contribution in [2.24, 2.45) is 11.1 Å². The van der Waals surface area contributed by atoms with Gasteiger partial charge in [-0.05, 0) is 37.3 Å². The van der Waals surface area contributed by atoms with Gasteiger partial charge in [-0.2, -0.15) is 0 Å². The summed E-state index contributed by atoms with van der Waals surface area (Å²) in [5, 5.41) is 22.8. The van der Waals surface area contributed by atoms with Gasteiger partial charge in [-0.25, -0.2) is 4.79 Å². The molecule has 0 saturated carbocycles. The fraction of sp³-hybridized carbons (Fsp3) is 0.556. The van der Waals surface area contributed by atoms with E-state index in [2.05, 4.69) is 5.32 Å². The van der Waals surface area contributed by atoms with Gasteiger partial charge in [0.1, 0.15) is 12.0 Å². The van der Waals surface area contributed by atoms with Crippen molar-refractivity contribution in [1.82, 2.24) is 5.32 Å². The van der Waals surface area contributed by atoms with E-state index in [4.69, 9.17) is 10.4 Å². The molecular formula is C18H27BN2O5. The lowest BCUT2D eigenvalue weighted by Crippen LogP contribution is -2.54. The second kappa shape index (κ2) is 8.66. The van der Waals surface area contributed by atoms with Crippen LogP contribution in [0.4, 0.5) is 0 Å². The zero-order valence-corrected chi connectivity index (χ0v) is 15.3. The van der Waals surface area contributed by atoms with Gasteiger partial charge in [0.05, 0.1) is 11.5 Å². The molecular weight excluding hydrogens is 335 g/mol. The number of carboxylic acids is 1. The van der Waals surface area contributed by atoms with Gasteiger partial charge in [0.25, 0.3) is 0 Å². The summed E-state index contributed by atoms with van der Waals surface area (Å²) in [6.45, 7) is 4.31. The summed E-state index contributed by atoms with van der Waals surface area (Å²) >= 11 is 0. The summed E-state index contributed by atoms with van der Waals surface area (Å²) in [6, 6.07) is 4.82. The monoisotopic (exact) mass is 362 g/mol. The van der Waals surface area contributed by atoms with Gasteiger partial charge < -0.3 is 30.6 Å². The third-order valence-electron chi connectivity index (χ3n) is 5.21. The van der Waals surface area contributed by atoms with Crippen LogP contribution in [0.3, 0.4) is 0 Å². The quantitative estimate of drug-likeness (QED) is 0.382. The standard InChI is InChI=1S/C18H27BN2O5/c1-3-13(20)9-18(4-2,11-22)10-21-15-8-12-6-5-7-14(17(23)24)16(12)26-19(15)25/h5-7,11,13,15,21,25H,3-4,8-10,20H2,1-2H3,(H,23,24). The number of nitrogens with one attached hydrogen (secondary N) is 1. The van der Waals surface area contributed by atoms with Crippen LogP contribution in [0.5, 0.6) is 5.75 Å². The molecule has 3 atom stereocenters. The predicted octanol–water partition coefficient (Wildman–Crippen LogP) is 1.02. The van der Waals surface area contributed by atoms with Crippen LogP contribution < -0.4 is 15.7 Å². The number of carbonyl (C=O) groups excluding carboxylic acids is 1. The van der Waals surface area contributed by atoms with E-state index < -0.39 is 24.4 Å². The van der Waals surface area contributed by atoms with Gasteiger partial charge in [-0.15, -0.1) is 0 Å². The summed E-state index contributed by atoms with van der Waals surface area (Å²) < 4.78 is 5.47. The van der Waals surface area contributed by atoms with E-state index in [1.807, 2.05) is 13.8 Å². The highest BCUT2D eigenvalue weighted by Gasteiger charge is 2.38. The van der Waals surface area contributed by atoms with Gasteiger partial charge >= 0.3 is 13.1 Å². The first-order chi connectivity index (χ1) is 12.4. The number of benzene rings is 1. The zero-order valence-electron chi connectivity index (χ0n) is 15.3. The number of nitrogens with two attached hydrogens (primary N) is 1. The van der Waals surface area contributed by atoms with E-state index in [-0.39, 0.29) is 17.4 Å². The maximum atomic E-state index is 11.7. The Morgan fingerprint density at radius 1 is 1.54 bits per heavy atom. The van der Waals surface area contributed by atoms with Crippen LogP contribution in [0.25, 0.3) is 0 Å². The van der Waals surface area contributed by atoms with Crippen LogP contribution in [0.1, 0.15) is 49.0 Å². The fourth-order valence-electron chi connectivity index (χ4n) is 3.28. The molecule has 0 aromatic heterocycles. The smallest absolute Gasteiger partial charge is 0.534 e. The third kappa shape index (κ3) is 4.44. The third-order valence-corrected chi connectivity index (χ3v) is 5.21. The first kappa shape index (κ1) is 20.4. The molecule has 0 amide bonds. The van der Waals surface area contributed by atoms with E-state index in [0.717, 1.165) is 12.7 Å². The lowest BCUT2D eigenvalue weighted by atomic mass is 9.71. The molecule has 26 heavy (non-hydrogen) atoms. The van der Waals surface area contributed by atoms with Crippen LogP contribution in [0.2, 0.25) is 0 Å². The molecule has 0 radical (unpaired) electrons. The van der Waals surface area contributed by atoms with E-state index in [1.165, 1.54) is 6.07 Å². The molecule has 1 aromatic rings. The number of aromatic carboxylic acids is 1. The molecule has 5 N–H and O–H groups in total. The van der Waals surface area contributed by atoms with Crippen LogP contribution in [0.15, 0.2) is 18.2 Å². The first-order valence-electron chi connectivity index (χ1n) is 9.01. The van der Waals surface area contributed by atoms with Crippen molar-refractivity contribution in [3.8, 4) is 5.75 Å². The maximum absolute atomic E-state index is 11.7. The Morgan fingerprint density at radius 3 is 2.85 bits per heavy atom. The predicted molar refractivity (Wildman–Crippen MR) is 99.2 cm³/mol. The molecule has 1 heterocycles. The van der Waals surface area contributed by atoms with Crippen molar-refractivity contribution in [2.45, 2.75) is 51.5 Å². The van der Waals surface area contributed by atoms with Crippen molar-refractivity contribution in [2.75, 3.05) is 6.54 Å². The zero-order chi connectivity index (χ0) is 19.3. The number of hydrogen-bond donors (Lipinski definition) is 4. The minimum absolute atomic E-state index is 0.0321. The molecule has 0 fully saturated rings. The number of carboxylic acid groups (broad SMARTS) is 1. The van der Waals surface area contributed by atoms with Crippen LogP contribution in [0, 0.1) is 5.41 Å². The Morgan fingerprint density at radius 2 is 2.27 bits per heavy atom. The maximum Gasteiger partial charge on any atom is 0.541 e. The molecule has 0 aliphatic carbocycles. The van der Waals surface area contributed by atoms with E-state index in [0.29, 0.717) is 31.4 Å². The highest BCUT2D eigenvalue weighted by atomic mass is 16.5. The summed E-state index contributed by atoms with van der Waals surface area (Å²) in [6.07, 6.45) is 3.36. The second-order valence-electron chi connectivity index (χ2n) is 7.01. The van der Waals surface area contributed by atoms with Crippen LogP contribution in [-0.4, -0.2) is 48.0 Å². The number of rotatable bonds is 9. The topological polar surface area (TPSA) is 122 Å². The average Bonchev–Trinajstić information content (AvgIpc) is 2.64. The van der Waals surface area contributed by atoms with E-state index >= 15 is 0 Å². The SMILES string of the molecule is CCC(N)CC(C=O)(CC)CNC1Cc2cccc(C(=O)O)c2OB1O. The molecule has 3 unspecified atom stereocenters. The van der Waals surface area contributed by atoms with Crippen molar-refractivity contribution < 1.29 is 24.4 Å². The number of hydrogen-bond acceptors (Lipinski definition) is 6. The first-order valence-corrected chi connectivity index (χ1v) is 9.01. The Balaban J connectivity index is 2.12. The Kier molecular flexibility index (Phi) is 6.80. The van der Waals surface area contributed by atoms with Gasteiger partial charge in [-0.3, -0.25) is 0 Å². The van der Waals surface area contributed by atoms with E-state index in [1.54, 1.807) is 12.1 Å². The molecule has 1 aromatic carbocycles. The van der Waals surface area contributed by atoms with Crippen LogP contribution >= 0.6 is 0 Å². The minimum atomic E-state index is -1.19. The number of para-hydroxylation sites is 1. The van der Waals surface area contributed by atoms with Gasteiger partial charge in [0.2, 0.25) is 0 Å². The van der Waals surface area contributed by atoms with Crippen molar-refractivity contribution in [1.29, 1.82) is 0 Å². The average molecular weight is 362 g/mol. The molecule has 0 spiro atoms. The Labute approximate surface area is 154 Å². The lowest BCUT2D eigenvalue weighted by molar-refractivity contribution is -0.116. The molecule has 2 rings (SSSR count). The largest absolute Gasteiger partial charge is 0.541 e. The molecule has 0 bridgehead atoms. The van der Waals surface area contributed by atoms with Gasteiger partial charge in [0.15, 0.2) is 0 Å². The number of carbonyl (C=O) groups is 2. The van der Waals surface area contributed by atoms with Crippen LogP contribution in [-0.2, 0) is 11.2 Å². The number of fused-ring (bicyclic) bond motifs is 1. The molecule has 1 aliphatic heterocycles. The molecule has 7 nitrogen and oxygen atoms in total. The Bertz CT molecular complexity index is 656. The molecule has 1 aliphatic rings. The van der Waals surface area contributed by atoms with Gasteiger partial charge in [-0.1, -0.05) is 26.0 Å². The highest BCUT2D eigenvalue weighted by molar-refractivity contribution is 6.46. The Hall–Kier alpha value is -1.90. The molecule has 8 heteroatoms. The summed E-state index contributed by atoms with van der Waals surface area (Å²) in [5.41, 5.74) is 6.19. The van der Waals surface area contributed by atoms with Gasteiger partial charge in [0, 0.05) is 18.0 Å². The number of aldehydes is 1. The summed E-state index contributed by atoms with van der Waals surface area (Å²) in [4.78, 5) is 23.0. The lowest BCUT2D eigenvalue weighted by Gasteiger charge is -2.34. The van der Waals surface area contributed by atoms with Crippen molar-refractivity contribution in [3.63, 3.8) is 0 Å². The minimum Gasteiger partial charge on any atom is -0.534 e. The van der Waals surface area contributed by atoms with Crippen molar-refractivity contribution in [3.05, 3.63) is 29.3 Å². The van der Waals surface area contributed by atoms with E-state index in [9.17, 15) is 19.7 Å². The molecule has 0 saturated heterocycles. The van der Waals surface area contributed by atoms with Crippen molar-refractivity contribution >= 4 is 19.4 Å². The normalized spacial score (nSPS) is 19.8.